The number of aromatic nitrogens is 1. The second-order valence-corrected chi connectivity index (χ2v) is 7.91. The van der Waals surface area contributed by atoms with Gasteiger partial charge in [-0.2, -0.15) is 0 Å². The van der Waals surface area contributed by atoms with Crippen LogP contribution in [0.2, 0.25) is 0 Å². The summed E-state index contributed by atoms with van der Waals surface area (Å²) < 4.78 is 16.5. The molecule has 0 radical (unpaired) electrons. The summed E-state index contributed by atoms with van der Waals surface area (Å²) in [6.07, 6.45) is 2.15. The molecule has 0 aliphatic heterocycles. The van der Waals surface area contributed by atoms with Crippen molar-refractivity contribution in [3.8, 4) is 0 Å². The molecule has 1 N–H and O–H groups in total. The van der Waals surface area contributed by atoms with E-state index >= 15 is 0 Å². The molecular formula is C24H30FN2+. The summed E-state index contributed by atoms with van der Waals surface area (Å²) in [5.41, 5.74) is 4.69. The maximum Gasteiger partial charge on any atom is 0.132 e. The van der Waals surface area contributed by atoms with Crippen LogP contribution >= 0.6 is 0 Å². The maximum absolute atomic E-state index is 14.2. The monoisotopic (exact) mass is 365 g/mol. The van der Waals surface area contributed by atoms with E-state index in [2.05, 4.69) is 67.9 Å². The Kier molecular flexibility index (Phi) is 6.46. The number of nitrogens with zero attached hydrogens (tertiary/aromatic N) is 1. The van der Waals surface area contributed by atoms with Gasteiger partial charge in [0.25, 0.3) is 0 Å². The molecular weight excluding hydrogens is 335 g/mol. The van der Waals surface area contributed by atoms with Crippen LogP contribution in [0.3, 0.4) is 0 Å². The van der Waals surface area contributed by atoms with Gasteiger partial charge >= 0.3 is 0 Å². The summed E-state index contributed by atoms with van der Waals surface area (Å²) in [7, 11) is 0. The molecule has 1 aromatic heterocycles. The van der Waals surface area contributed by atoms with E-state index in [9.17, 15) is 4.39 Å². The van der Waals surface area contributed by atoms with E-state index in [1.165, 1.54) is 21.7 Å². The van der Waals surface area contributed by atoms with E-state index in [-0.39, 0.29) is 5.82 Å². The lowest BCUT2D eigenvalue weighted by molar-refractivity contribution is -0.931. The molecule has 2 nitrogen and oxygen atoms in total. The molecule has 0 aliphatic rings. The van der Waals surface area contributed by atoms with Crippen molar-refractivity contribution in [1.29, 1.82) is 0 Å². The minimum atomic E-state index is -0.103. The zero-order chi connectivity index (χ0) is 19.2. The van der Waals surface area contributed by atoms with Crippen molar-refractivity contribution in [3.63, 3.8) is 0 Å². The van der Waals surface area contributed by atoms with Crippen molar-refractivity contribution >= 4 is 0 Å². The average molecular weight is 366 g/mol. The first kappa shape index (κ1) is 19.4. The molecule has 0 fully saturated rings. The zero-order valence-electron chi connectivity index (χ0n) is 16.6. The number of hydrogen-bond acceptors (Lipinski definition) is 0. The van der Waals surface area contributed by atoms with E-state index in [0.29, 0.717) is 12.5 Å². The molecule has 1 atom stereocenters. The molecule has 0 saturated heterocycles. The van der Waals surface area contributed by atoms with Crippen molar-refractivity contribution < 1.29 is 9.29 Å². The van der Waals surface area contributed by atoms with Gasteiger partial charge in [0.05, 0.1) is 12.2 Å². The van der Waals surface area contributed by atoms with Gasteiger partial charge in [-0.1, -0.05) is 61.9 Å². The highest BCUT2D eigenvalue weighted by atomic mass is 19.1. The molecule has 1 heterocycles. The first-order chi connectivity index (χ1) is 13.0. The second kappa shape index (κ2) is 9.01. The molecule has 3 rings (SSSR count). The standard InChI is InChI=1S/C24H29FN2/c1-19(2)15-26(17-22-10-4-5-12-24(22)25)18-23-11-7-13-27(23)16-21-9-6-8-20(3)14-21/h4-14,19H,15-18H2,1-3H3/p+1. The molecule has 0 aliphatic carbocycles. The van der Waals surface area contributed by atoms with Gasteiger partial charge in [0.2, 0.25) is 0 Å². The third-order valence-electron chi connectivity index (χ3n) is 4.89. The van der Waals surface area contributed by atoms with Crippen molar-refractivity contribution in [3.05, 3.63) is 95.1 Å². The van der Waals surface area contributed by atoms with Gasteiger partial charge in [0.15, 0.2) is 0 Å². The first-order valence-electron chi connectivity index (χ1n) is 9.78. The highest BCUT2D eigenvalue weighted by Gasteiger charge is 2.17. The van der Waals surface area contributed by atoms with Crippen molar-refractivity contribution in [2.45, 2.75) is 40.4 Å². The molecule has 142 valence electrons. The molecule has 0 spiro atoms. The maximum atomic E-state index is 14.2. The van der Waals surface area contributed by atoms with Crippen LogP contribution in [-0.2, 0) is 19.6 Å². The Morgan fingerprint density at radius 2 is 1.78 bits per heavy atom. The van der Waals surface area contributed by atoms with Gasteiger partial charge in [-0.3, -0.25) is 0 Å². The largest absolute Gasteiger partial charge is 0.342 e. The van der Waals surface area contributed by atoms with Crippen LogP contribution < -0.4 is 4.90 Å². The number of aryl methyl sites for hydroxylation is 1. The number of rotatable bonds is 8. The Labute approximate surface area is 162 Å². The van der Waals surface area contributed by atoms with Gasteiger partial charge in [-0.05, 0) is 30.7 Å². The molecule has 0 saturated carbocycles. The lowest BCUT2D eigenvalue weighted by Gasteiger charge is -2.23. The molecule has 3 heteroatoms. The molecule has 2 aromatic carbocycles. The SMILES string of the molecule is Cc1cccc(Cn2cccc2C[NH+](Cc2ccccc2F)CC(C)C)c1. The number of benzene rings is 2. The summed E-state index contributed by atoms with van der Waals surface area (Å²) >= 11 is 0. The van der Waals surface area contributed by atoms with E-state index in [1.807, 2.05) is 12.1 Å². The first-order valence-corrected chi connectivity index (χ1v) is 9.78. The quantitative estimate of drug-likeness (QED) is 0.612. The van der Waals surface area contributed by atoms with Gasteiger partial charge in [0, 0.05) is 24.2 Å². The topological polar surface area (TPSA) is 9.37 Å². The number of quaternary nitrogens is 1. The van der Waals surface area contributed by atoms with Crippen LogP contribution in [0.1, 0.15) is 36.2 Å². The second-order valence-electron chi connectivity index (χ2n) is 7.91. The van der Waals surface area contributed by atoms with Crippen LogP contribution in [0.15, 0.2) is 66.9 Å². The van der Waals surface area contributed by atoms with Crippen molar-refractivity contribution in [2.24, 2.45) is 5.92 Å². The summed E-state index contributed by atoms with van der Waals surface area (Å²) in [6, 6.07) is 20.1. The van der Waals surface area contributed by atoms with E-state index < -0.39 is 0 Å². The van der Waals surface area contributed by atoms with Gasteiger partial charge in [-0.25, -0.2) is 4.39 Å². The lowest BCUT2D eigenvalue weighted by Crippen LogP contribution is -3.10. The van der Waals surface area contributed by atoms with E-state index in [4.69, 9.17) is 0 Å². The fraction of sp³-hybridized carbons (Fsp3) is 0.333. The van der Waals surface area contributed by atoms with Crippen LogP contribution in [-0.4, -0.2) is 11.1 Å². The number of hydrogen-bond donors (Lipinski definition) is 1. The van der Waals surface area contributed by atoms with Gasteiger partial charge in [0.1, 0.15) is 18.9 Å². The van der Waals surface area contributed by atoms with Crippen LogP contribution in [0.25, 0.3) is 0 Å². The normalized spacial score (nSPS) is 12.5. The summed E-state index contributed by atoms with van der Waals surface area (Å²) in [4.78, 5) is 1.39. The molecule has 0 bridgehead atoms. The van der Waals surface area contributed by atoms with Crippen molar-refractivity contribution in [2.75, 3.05) is 6.54 Å². The van der Waals surface area contributed by atoms with Crippen molar-refractivity contribution in [1.82, 2.24) is 4.57 Å². The number of halogens is 1. The molecule has 27 heavy (non-hydrogen) atoms. The minimum Gasteiger partial charge on any atom is -0.342 e. The summed E-state index contributed by atoms with van der Waals surface area (Å²) in [6.45, 7) is 10.1. The predicted octanol–water partition coefficient (Wildman–Crippen LogP) is 4.23. The highest BCUT2D eigenvalue weighted by molar-refractivity contribution is 5.23. The van der Waals surface area contributed by atoms with Crippen LogP contribution in [0.4, 0.5) is 4.39 Å². The Bertz CT molecular complexity index is 866. The third-order valence-corrected chi connectivity index (χ3v) is 4.89. The highest BCUT2D eigenvalue weighted by Crippen LogP contribution is 2.10. The predicted molar refractivity (Wildman–Crippen MR) is 109 cm³/mol. The zero-order valence-corrected chi connectivity index (χ0v) is 16.6. The average Bonchev–Trinajstić information content (AvgIpc) is 3.03. The van der Waals surface area contributed by atoms with Crippen LogP contribution in [0, 0.1) is 18.7 Å². The van der Waals surface area contributed by atoms with Crippen LogP contribution in [0.5, 0.6) is 0 Å². The molecule has 1 unspecified atom stereocenters. The molecule has 3 aromatic rings. The third kappa shape index (κ3) is 5.54. The lowest BCUT2D eigenvalue weighted by atomic mass is 10.1. The summed E-state index contributed by atoms with van der Waals surface area (Å²) in [5.74, 6) is 0.459. The Hall–Kier alpha value is -2.39. The number of nitrogens with one attached hydrogen (secondary N) is 1. The fourth-order valence-electron chi connectivity index (χ4n) is 3.72. The van der Waals surface area contributed by atoms with Gasteiger partial charge in [-0.15, -0.1) is 0 Å². The Morgan fingerprint density at radius 1 is 0.963 bits per heavy atom. The fourth-order valence-corrected chi connectivity index (χ4v) is 3.72. The molecule has 0 amide bonds. The minimum absolute atomic E-state index is 0.103. The smallest absolute Gasteiger partial charge is 0.132 e. The van der Waals surface area contributed by atoms with E-state index in [1.54, 1.807) is 12.1 Å². The Morgan fingerprint density at radius 3 is 2.52 bits per heavy atom. The van der Waals surface area contributed by atoms with Gasteiger partial charge < -0.3 is 9.47 Å². The Balaban J connectivity index is 1.76. The summed E-state index contributed by atoms with van der Waals surface area (Å²) in [5, 5.41) is 0. The van der Waals surface area contributed by atoms with E-state index in [0.717, 1.165) is 25.2 Å².